The molecule has 18 heavy (non-hydrogen) atoms. The highest BCUT2D eigenvalue weighted by Crippen LogP contribution is 2.42. The Kier molecular flexibility index (Phi) is 3.72. The Hall–Kier alpha value is -0.780. The van der Waals surface area contributed by atoms with Crippen molar-refractivity contribution in [3.8, 4) is 10.7 Å². The molecule has 0 radical (unpaired) electrons. The number of hydrogen-bond acceptors (Lipinski definition) is 5. The van der Waals surface area contributed by atoms with E-state index in [1.165, 1.54) is 35.6 Å². The van der Waals surface area contributed by atoms with Crippen LogP contribution in [-0.2, 0) is 6.42 Å². The Balaban J connectivity index is 1.99. The van der Waals surface area contributed by atoms with Gasteiger partial charge in [0.25, 0.3) is 0 Å². The third-order valence-electron chi connectivity index (χ3n) is 3.42. The van der Waals surface area contributed by atoms with E-state index >= 15 is 0 Å². The number of thiazole rings is 2. The molecule has 96 valence electrons. The van der Waals surface area contributed by atoms with Gasteiger partial charge in [-0.1, -0.05) is 12.8 Å². The van der Waals surface area contributed by atoms with Gasteiger partial charge in [0.2, 0.25) is 0 Å². The van der Waals surface area contributed by atoms with Crippen LogP contribution in [0.15, 0.2) is 11.6 Å². The topological polar surface area (TPSA) is 51.8 Å². The minimum Gasteiger partial charge on any atom is -0.330 e. The van der Waals surface area contributed by atoms with Crippen LogP contribution in [0.3, 0.4) is 0 Å². The summed E-state index contributed by atoms with van der Waals surface area (Å²) in [7, 11) is 0. The fourth-order valence-corrected chi connectivity index (χ4v) is 4.52. The Bertz CT molecular complexity index is 498. The Morgan fingerprint density at radius 1 is 1.33 bits per heavy atom. The summed E-state index contributed by atoms with van der Waals surface area (Å²) in [6.45, 7) is 0.676. The second kappa shape index (κ2) is 5.47. The van der Waals surface area contributed by atoms with E-state index in [1.54, 1.807) is 11.3 Å². The van der Waals surface area contributed by atoms with E-state index in [-0.39, 0.29) is 0 Å². The van der Waals surface area contributed by atoms with E-state index in [2.05, 4.69) is 4.98 Å². The van der Waals surface area contributed by atoms with E-state index < -0.39 is 0 Å². The van der Waals surface area contributed by atoms with Crippen molar-refractivity contribution in [2.75, 3.05) is 6.54 Å². The summed E-state index contributed by atoms with van der Waals surface area (Å²) in [5, 5.41) is 4.26. The van der Waals surface area contributed by atoms with Crippen LogP contribution in [0.4, 0.5) is 0 Å². The summed E-state index contributed by atoms with van der Waals surface area (Å²) in [6, 6.07) is 0. The summed E-state index contributed by atoms with van der Waals surface area (Å²) in [6.07, 6.45) is 8.07. The van der Waals surface area contributed by atoms with Crippen LogP contribution in [0.25, 0.3) is 10.7 Å². The molecule has 5 heteroatoms. The fraction of sp³-hybridized carbons (Fsp3) is 0.538. The molecule has 2 aromatic heterocycles. The van der Waals surface area contributed by atoms with E-state index in [1.807, 2.05) is 22.9 Å². The maximum Gasteiger partial charge on any atom is 0.142 e. The van der Waals surface area contributed by atoms with Gasteiger partial charge in [0, 0.05) is 22.9 Å². The molecule has 2 heterocycles. The molecule has 1 fully saturated rings. The molecular weight excluding hydrogens is 262 g/mol. The van der Waals surface area contributed by atoms with Crippen LogP contribution in [-0.4, -0.2) is 16.5 Å². The molecule has 0 bridgehead atoms. The Labute approximate surface area is 115 Å². The van der Waals surface area contributed by atoms with Gasteiger partial charge in [-0.25, -0.2) is 9.97 Å². The highest BCUT2D eigenvalue weighted by atomic mass is 32.1. The minimum atomic E-state index is 0.676. The maximum absolute atomic E-state index is 5.65. The third kappa shape index (κ3) is 2.35. The van der Waals surface area contributed by atoms with Crippen LogP contribution in [0, 0.1) is 0 Å². The minimum absolute atomic E-state index is 0.676. The molecule has 3 nitrogen and oxygen atoms in total. The maximum atomic E-state index is 5.65. The molecule has 0 amide bonds. The molecule has 2 N–H and O–H groups in total. The van der Waals surface area contributed by atoms with Crippen LogP contribution >= 0.6 is 22.7 Å². The van der Waals surface area contributed by atoms with Crippen LogP contribution < -0.4 is 5.73 Å². The van der Waals surface area contributed by atoms with E-state index in [9.17, 15) is 0 Å². The lowest BCUT2D eigenvalue weighted by molar-refractivity contribution is 0.737. The zero-order valence-electron chi connectivity index (χ0n) is 10.3. The number of nitrogens with zero attached hydrogens (tertiary/aromatic N) is 2. The lowest BCUT2D eigenvalue weighted by Crippen LogP contribution is -2.01. The molecule has 2 aromatic rings. The SMILES string of the molecule is NCCc1nc(-c2nccs2)c(C2CCCC2)s1. The molecule has 0 saturated heterocycles. The highest BCUT2D eigenvalue weighted by molar-refractivity contribution is 7.14. The molecule has 0 unspecified atom stereocenters. The first-order valence-corrected chi connectivity index (χ1v) is 8.17. The van der Waals surface area contributed by atoms with E-state index in [0.29, 0.717) is 12.5 Å². The Morgan fingerprint density at radius 3 is 2.83 bits per heavy atom. The predicted octanol–water partition coefficient (Wildman–Crippen LogP) is 3.43. The molecular formula is C13H17N3S2. The van der Waals surface area contributed by atoms with Gasteiger partial charge >= 0.3 is 0 Å². The predicted molar refractivity (Wildman–Crippen MR) is 77.2 cm³/mol. The standard InChI is InChI=1S/C13H17N3S2/c14-6-5-10-16-11(13-15-7-8-17-13)12(18-10)9-3-1-2-4-9/h7-9H,1-6,14H2. The van der Waals surface area contributed by atoms with Gasteiger partial charge in [-0.3, -0.25) is 0 Å². The van der Waals surface area contributed by atoms with Crippen LogP contribution in [0.2, 0.25) is 0 Å². The summed E-state index contributed by atoms with van der Waals surface area (Å²) >= 11 is 3.54. The second-order valence-corrected chi connectivity index (χ2v) is 6.69. The van der Waals surface area contributed by atoms with Gasteiger partial charge in [0.15, 0.2) is 0 Å². The smallest absolute Gasteiger partial charge is 0.142 e. The van der Waals surface area contributed by atoms with Gasteiger partial charge in [0.1, 0.15) is 10.7 Å². The molecule has 3 rings (SSSR count). The van der Waals surface area contributed by atoms with Crippen LogP contribution in [0.5, 0.6) is 0 Å². The normalized spacial score (nSPS) is 16.5. The van der Waals surface area contributed by atoms with Crippen molar-refractivity contribution >= 4 is 22.7 Å². The zero-order valence-corrected chi connectivity index (χ0v) is 11.9. The summed E-state index contributed by atoms with van der Waals surface area (Å²) < 4.78 is 0. The van der Waals surface area contributed by atoms with Gasteiger partial charge in [-0.2, -0.15) is 0 Å². The van der Waals surface area contributed by atoms with Crippen LogP contribution in [0.1, 0.15) is 41.5 Å². The lowest BCUT2D eigenvalue weighted by Gasteiger charge is -2.06. The zero-order chi connectivity index (χ0) is 12.4. The first-order chi connectivity index (χ1) is 8.88. The Morgan fingerprint density at radius 2 is 2.17 bits per heavy atom. The molecule has 0 aliphatic heterocycles. The molecule has 0 atom stereocenters. The van der Waals surface area contributed by atoms with Gasteiger partial charge in [-0.15, -0.1) is 22.7 Å². The first kappa shape index (κ1) is 12.3. The molecule has 1 aliphatic carbocycles. The molecule has 1 saturated carbocycles. The average molecular weight is 279 g/mol. The van der Waals surface area contributed by atoms with Crippen molar-refractivity contribution in [1.82, 2.24) is 9.97 Å². The van der Waals surface area contributed by atoms with Crippen molar-refractivity contribution in [3.05, 3.63) is 21.5 Å². The van der Waals surface area contributed by atoms with Crippen molar-refractivity contribution in [1.29, 1.82) is 0 Å². The summed E-state index contributed by atoms with van der Waals surface area (Å²) in [4.78, 5) is 10.6. The van der Waals surface area contributed by atoms with E-state index in [0.717, 1.165) is 17.1 Å². The van der Waals surface area contributed by atoms with Crippen molar-refractivity contribution in [2.45, 2.75) is 38.0 Å². The van der Waals surface area contributed by atoms with Crippen molar-refractivity contribution in [3.63, 3.8) is 0 Å². The number of rotatable bonds is 4. The average Bonchev–Trinajstić information content (AvgIpc) is 3.11. The number of aromatic nitrogens is 2. The van der Waals surface area contributed by atoms with E-state index in [4.69, 9.17) is 10.7 Å². The van der Waals surface area contributed by atoms with Gasteiger partial charge in [-0.05, 0) is 25.3 Å². The first-order valence-electron chi connectivity index (χ1n) is 6.48. The molecule has 0 spiro atoms. The monoisotopic (exact) mass is 279 g/mol. The molecule has 1 aliphatic rings. The number of hydrogen-bond donors (Lipinski definition) is 1. The summed E-state index contributed by atoms with van der Waals surface area (Å²) in [5.41, 5.74) is 6.78. The van der Waals surface area contributed by atoms with Crippen molar-refractivity contribution in [2.24, 2.45) is 5.73 Å². The second-order valence-electron chi connectivity index (χ2n) is 4.68. The van der Waals surface area contributed by atoms with Gasteiger partial charge in [0.05, 0.1) is 5.01 Å². The van der Waals surface area contributed by atoms with Crippen molar-refractivity contribution < 1.29 is 0 Å². The largest absolute Gasteiger partial charge is 0.330 e. The van der Waals surface area contributed by atoms with Gasteiger partial charge < -0.3 is 5.73 Å². The fourth-order valence-electron chi connectivity index (χ4n) is 2.57. The number of nitrogens with two attached hydrogens (primary N) is 1. The molecule has 0 aromatic carbocycles. The third-order valence-corrected chi connectivity index (χ3v) is 5.47. The summed E-state index contributed by atoms with van der Waals surface area (Å²) in [5.74, 6) is 0.702. The quantitative estimate of drug-likeness (QED) is 0.933. The highest BCUT2D eigenvalue weighted by Gasteiger charge is 2.25. The lowest BCUT2D eigenvalue weighted by atomic mass is 10.1.